The van der Waals surface area contributed by atoms with E-state index in [2.05, 4.69) is 10.4 Å². The van der Waals surface area contributed by atoms with E-state index in [0.717, 1.165) is 40.2 Å². The minimum atomic E-state index is -0.458. The van der Waals surface area contributed by atoms with Crippen LogP contribution < -0.4 is 0 Å². The summed E-state index contributed by atoms with van der Waals surface area (Å²) in [6, 6.07) is 5.90. The van der Waals surface area contributed by atoms with Gasteiger partial charge in [0.1, 0.15) is 16.1 Å². The lowest BCUT2D eigenvalue weighted by Crippen LogP contribution is -2.41. The fourth-order valence-electron chi connectivity index (χ4n) is 3.34. The van der Waals surface area contributed by atoms with Gasteiger partial charge in [-0.15, -0.1) is 11.3 Å². The summed E-state index contributed by atoms with van der Waals surface area (Å²) in [6.07, 6.45) is 3.04. The summed E-state index contributed by atoms with van der Waals surface area (Å²) in [7, 11) is 0. The molecule has 1 aliphatic heterocycles. The number of carbonyl (C=O) groups excluding carboxylic acids is 1. The van der Waals surface area contributed by atoms with Gasteiger partial charge in [0.05, 0.1) is 5.69 Å². The number of carbonyl (C=O) groups is 1. The third-order valence-corrected chi connectivity index (χ3v) is 5.57. The highest BCUT2D eigenvalue weighted by atomic mass is 32.1. The lowest BCUT2D eigenvalue weighted by molar-refractivity contribution is 0.0204. The quantitative estimate of drug-likeness (QED) is 0.616. The van der Waals surface area contributed by atoms with Gasteiger partial charge in [-0.05, 0) is 45.7 Å². The maximum Gasteiger partial charge on any atom is 0.410 e. The fourth-order valence-corrected chi connectivity index (χ4v) is 4.27. The van der Waals surface area contributed by atoms with E-state index in [4.69, 9.17) is 14.1 Å². The van der Waals surface area contributed by atoms with Crippen molar-refractivity contribution < 1.29 is 13.9 Å². The molecule has 3 heterocycles. The molecule has 0 spiro atoms. The minimum absolute atomic E-state index is 0.224. The molecule has 27 heavy (non-hydrogen) atoms. The highest BCUT2D eigenvalue weighted by molar-refractivity contribution is 7.13. The number of nitrogens with zero attached hydrogens (tertiary/aromatic N) is 3. The van der Waals surface area contributed by atoms with Gasteiger partial charge in [-0.2, -0.15) is 0 Å². The van der Waals surface area contributed by atoms with Crippen molar-refractivity contribution in [2.45, 2.75) is 45.1 Å². The van der Waals surface area contributed by atoms with Crippen LogP contribution in [0.15, 0.2) is 34.4 Å². The highest BCUT2D eigenvalue weighted by Gasteiger charge is 2.28. The van der Waals surface area contributed by atoms with E-state index in [0.29, 0.717) is 19.0 Å². The van der Waals surface area contributed by atoms with Crippen LogP contribution in [-0.2, 0) is 4.74 Å². The highest BCUT2D eigenvalue weighted by Crippen LogP contribution is 2.35. The van der Waals surface area contributed by atoms with E-state index in [1.807, 2.05) is 39.0 Å². The van der Waals surface area contributed by atoms with Gasteiger partial charge >= 0.3 is 6.09 Å². The van der Waals surface area contributed by atoms with Crippen molar-refractivity contribution in [1.29, 1.82) is 0 Å². The average molecular weight is 385 g/mol. The Morgan fingerprint density at radius 1 is 1.30 bits per heavy atom. The smallest absolute Gasteiger partial charge is 0.410 e. The number of fused-ring (bicyclic) bond motifs is 1. The van der Waals surface area contributed by atoms with Gasteiger partial charge in [-0.1, -0.05) is 6.07 Å². The third-order valence-electron chi connectivity index (χ3n) is 4.68. The number of amides is 1. The lowest BCUT2D eigenvalue weighted by atomic mass is 9.94. The number of oxazole rings is 1. The zero-order valence-electron chi connectivity index (χ0n) is 15.8. The summed E-state index contributed by atoms with van der Waals surface area (Å²) in [4.78, 5) is 23.2. The first-order valence-electron chi connectivity index (χ1n) is 9.16. The summed E-state index contributed by atoms with van der Waals surface area (Å²) < 4.78 is 10.9. The van der Waals surface area contributed by atoms with Gasteiger partial charge < -0.3 is 14.1 Å². The number of aromatic nitrogens is 2. The number of hydrogen-bond acceptors (Lipinski definition) is 6. The molecule has 0 aliphatic carbocycles. The standard InChI is InChI=1S/C20H23N3O3S/c1-20(2,3)26-19(24)23-9-7-13(8-10-23)15-11-27-18(22-15)14-5-4-6-16-17(14)21-12-25-16/h4-6,11-13H,7-10H2,1-3H3. The molecule has 0 saturated carbocycles. The summed E-state index contributed by atoms with van der Waals surface area (Å²) in [5.74, 6) is 0.366. The molecule has 1 aliphatic rings. The monoisotopic (exact) mass is 385 g/mol. The van der Waals surface area contributed by atoms with Crippen LogP contribution in [0.3, 0.4) is 0 Å². The molecule has 4 rings (SSSR count). The molecule has 1 amide bonds. The number of benzene rings is 1. The molecule has 1 saturated heterocycles. The SMILES string of the molecule is CC(C)(C)OC(=O)N1CCC(c2csc(-c3cccc4ocnc34)n2)CC1. The van der Waals surface area contributed by atoms with Crippen molar-refractivity contribution >= 4 is 28.5 Å². The molecule has 0 bridgehead atoms. The van der Waals surface area contributed by atoms with Crippen molar-refractivity contribution in [3.63, 3.8) is 0 Å². The number of rotatable bonds is 2. The lowest BCUT2D eigenvalue weighted by Gasteiger charge is -2.32. The van der Waals surface area contributed by atoms with Gasteiger partial charge in [-0.3, -0.25) is 0 Å². The first kappa shape index (κ1) is 18.0. The number of para-hydroxylation sites is 1. The van der Waals surface area contributed by atoms with E-state index < -0.39 is 5.60 Å². The summed E-state index contributed by atoms with van der Waals surface area (Å²) >= 11 is 1.63. The minimum Gasteiger partial charge on any atom is -0.444 e. The van der Waals surface area contributed by atoms with Crippen LogP contribution in [0.1, 0.15) is 45.2 Å². The van der Waals surface area contributed by atoms with E-state index in [9.17, 15) is 4.79 Å². The Kier molecular flexibility index (Phi) is 4.63. The number of hydrogen-bond donors (Lipinski definition) is 0. The number of ether oxygens (including phenoxy) is 1. The molecular weight excluding hydrogens is 362 g/mol. The van der Waals surface area contributed by atoms with Crippen LogP contribution in [0.5, 0.6) is 0 Å². The Labute approximate surface area is 162 Å². The molecule has 142 valence electrons. The second kappa shape index (κ2) is 6.96. The topological polar surface area (TPSA) is 68.5 Å². The maximum absolute atomic E-state index is 12.2. The fraction of sp³-hybridized carbons (Fsp3) is 0.450. The predicted molar refractivity (Wildman–Crippen MR) is 105 cm³/mol. The summed E-state index contributed by atoms with van der Waals surface area (Å²) in [5.41, 5.74) is 3.26. The van der Waals surface area contributed by atoms with Crippen molar-refractivity contribution in [3.05, 3.63) is 35.7 Å². The Bertz CT molecular complexity index is 949. The van der Waals surface area contributed by atoms with E-state index >= 15 is 0 Å². The number of thiazole rings is 1. The largest absolute Gasteiger partial charge is 0.444 e. The van der Waals surface area contributed by atoms with Gasteiger partial charge in [0.2, 0.25) is 0 Å². The average Bonchev–Trinajstić information content (AvgIpc) is 3.29. The van der Waals surface area contributed by atoms with Gasteiger partial charge in [0.15, 0.2) is 12.0 Å². The van der Waals surface area contributed by atoms with Crippen LogP contribution in [0.2, 0.25) is 0 Å². The summed E-state index contributed by atoms with van der Waals surface area (Å²) in [5, 5.41) is 3.08. The van der Waals surface area contributed by atoms with Crippen LogP contribution in [0, 0.1) is 0 Å². The molecule has 0 unspecified atom stereocenters. The first-order chi connectivity index (χ1) is 12.9. The molecule has 7 heteroatoms. The third kappa shape index (κ3) is 3.83. The van der Waals surface area contributed by atoms with Crippen molar-refractivity contribution in [2.75, 3.05) is 13.1 Å². The molecule has 0 atom stereocenters. The maximum atomic E-state index is 12.2. The number of likely N-dealkylation sites (tertiary alicyclic amines) is 1. The number of piperidine rings is 1. The Balaban J connectivity index is 1.45. The molecule has 1 aromatic carbocycles. The zero-order valence-corrected chi connectivity index (χ0v) is 16.6. The van der Waals surface area contributed by atoms with Gasteiger partial charge in [0.25, 0.3) is 0 Å². The molecular formula is C20H23N3O3S. The predicted octanol–water partition coefficient (Wildman–Crippen LogP) is 5.07. The molecule has 1 fully saturated rings. The molecule has 6 nitrogen and oxygen atoms in total. The molecule has 0 radical (unpaired) electrons. The Morgan fingerprint density at radius 3 is 2.81 bits per heavy atom. The van der Waals surface area contributed by atoms with Crippen LogP contribution >= 0.6 is 11.3 Å². The van der Waals surface area contributed by atoms with E-state index in [1.54, 1.807) is 16.2 Å². The van der Waals surface area contributed by atoms with Crippen LogP contribution in [-0.4, -0.2) is 39.7 Å². The van der Waals surface area contributed by atoms with Crippen molar-refractivity contribution in [3.8, 4) is 10.6 Å². The normalized spacial score (nSPS) is 16.0. The molecule has 3 aromatic rings. The van der Waals surface area contributed by atoms with E-state index in [-0.39, 0.29) is 6.09 Å². The molecule has 0 N–H and O–H groups in total. The Hall–Kier alpha value is -2.41. The van der Waals surface area contributed by atoms with Crippen LogP contribution in [0.25, 0.3) is 21.7 Å². The van der Waals surface area contributed by atoms with E-state index in [1.165, 1.54) is 6.39 Å². The van der Waals surface area contributed by atoms with Crippen LogP contribution in [0.4, 0.5) is 4.79 Å². The van der Waals surface area contributed by atoms with Crippen molar-refractivity contribution in [2.24, 2.45) is 0 Å². The van der Waals surface area contributed by atoms with Gasteiger partial charge in [-0.25, -0.2) is 14.8 Å². The van der Waals surface area contributed by atoms with Gasteiger partial charge in [0, 0.05) is 30.0 Å². The zero-order chi connectivity index (χ0) is 19.0. The summed E-state index contributed by atoms with van der Waals surface area (Å²) in [6.45, 7) is 7.08. The Morgan fingerprint density at radius 2 is 2.07 bits per heavy atom. The second-order valence-corrected chi connectivity index (χ2v) is 8.68. The second-order valence-electron chi connectivity index (χ2n) is 7.82. The molecule has 2 aromatic heterocycles. The van der Waals surface area contributed by atoms with Crippen molar-refractivity contribution in [1.82, 2.24) is 14.9 Å². The first-order valence-corrected chi connectivity index (χ1v) is 10.0.